The van der Waals surface area contributed by atoms with Crippen LogP contribution in [-0.2, 0) is 10.0 Å². The molecule has 20 heavy (non-hydrogen) atoms. The molecular weight excluding hydrogens is 334 g/mol. The quantitative estimate of drug-likeness (QED) is 0.629. The first-order valence-electron chi connectivity index (χ1n) is 5.72. The zero-order valence-electron chi connectivity index (χ0n) is 11.1. The summed E-state index contributed by atoms with van der Waals surface area (Å²) in [5.74, 6) is 1.16. The second kappa shape index (κ2) is 8.02. The van der Waals surface area contributed by atoms with Gasteiger partial charge in [-0.25, -0.2) is 8.42 Å². The van der Waals surface area contributed by atoms with Gasteiger partial charge in [0.1, 0.15) is 3.53 Å². The van der Waals surface area contributed by atoms with Gasteiger partial charge in [0.15, 0.2) is 5.78 Å². The van der Waals surface area contributed by atoms with Gasteiger partial charge in [0, 0.05) is 11.3 Å². The van der Waals surface area contributed by atoms with Crippen LogP contribution in [0.1, 0.15) is 17.3 Å². The number of benzene rings is 1. The Morgan fingerprint density at radius 1 is 1.25 bits per heavy atom. The molecule has 0 heterocycles. The number of ketones is 1. The van der Waals surface area contributed by atoms with Gasteiger partial charge < -0.3 is 0 Å². The van der Waals surface area contributed by atoms with E-state index in [1.165, 1.54) is 11.8 Å². The number of thioether (sulfide) groups is 2. The van der Waals surface area contributed by atoms with Crippen LogP contribution in [0.4, 0.5) is 5.69 Å². The fourth-order valence-electron chi connectivity index (χ4n) is 1.31. The third-order valence-corrected chi connectivity index (χ3v) is 5.28. The Morgan fingerprint density at radius 3 is 2.35 bits per heavy atom. The van der Waals surface area contributed by atoms with Crippen LogP contribution in [0.3, 0.4) is 0 Å². The number of carbonyl (C=O) groups excluding carboxylic acids is 1. The number of anilines is 1. The Balaban J connectivity index is 2.60. The monoisotopic (exact) mass is 349 g/mol. The van der Waals surface area contributed by atoms with Crippen molar-refractivity contribution < 1.29 is 13.2 Å². The molecule has 0 saturated carbocycles. The molecule has 1 rings (SSSR count). The molecule has 1 aromatic carbocycles. The molecule has 0 unspecified atom stereocenters. The van der Waals surface area contributed by atoms with Crippen LogP contribution < -0.4 is 4.72 Å². The van der Waals surface area contributed by atoms with Crippen molar-refractivity contribution in [1.29, 1.82) is 0 Å². The topological polar surface area (TPSA) is 63.2 Å². The Labute approximate surface area is 133 Å². The lowest BCUT2D eigenvalue weighted by Crippen LogP contribution is -2.10. The smallest absolute Gasteiger partial charge is 0.229 e. The van der Waals surface area contributed by atoms with E-state index in [0.29, 0.717) is 17.0 Å². The van der Waals surface area contributed by atoms with Gasteiger partial charge in [0.2, 0.25) is 10.0 Å². The minimum absolute atomic E-state index is 0.0278. The summed E-state index contributed by atoms with van der Waals surface area (Å²) in [6, 6.07) is 6.34. The van der Waals surface area contributed by atoms with Crippen molar-refractivity contribution in [3.05, 3.63) is 29.8 Å². The van der Waals surface area contributed by atoms with E-state index in [1.54, 1.807) is 36.0 Å². The Kier molecular flexibility index (Phi) is 7.01. The maximum Gasteiger partial charge on any atom is 0.229 e. The largest absolute Gasteiger partial charge is 0.293 e. The Hall–Kier alpha value is -0.570. The van der Waals surface area contributed by atoms with Crippen molar-refractivity contribution in [2.24, 2.45) is 0 Å². The zero-order chi connectivity index (χ0) is 15.2. The van der Waals surface area contributed by atoms with E-state index in [-0.39, 0.29) is 5.78 Å². The average molecular weight is 350 g/mol. The molecule has 4 nitrogen and oxygen atoms in total. The molecule has 0 aromatic heterocycles. The standard InChI is InChI=1S/C12H15NO3S4/c1-3-18-12(17)19-8-11(14)9-4-6-10(7-5-9)13-20(2,15)16/h4-7,13H,3,8H2,1-2H3. The van der Waals surface area contributed by atoms with Crippen molar-refractivity contribution in [3.8, 4) is 0 Å². The van der Waals surface area contributed by atoms with Gasteiger partial charge >= 0.3 is 0 Å². The Bertz CT molecular complexity index is 581. The number of hydrogen-bond acceptors (Lipinski definition) is 6. The van der Waals surface area contributed by atoms with E-state index in [1.807, 2.05) is 6.92 Å². The van der Waals surface area contributed by atoms with Gasteiger partial charge in [-0.15, -0.1) is 11.8 Å². The third-order valence-electron chi connectivity index (χ3n) is 2.09. The molecule has 0 atom stereocenters. The number of rotatable bonds is 6. The van der Waals surface area contributed by atoms with E-state index in [9.17, 15) is 13.2 Å². The van der Waals surface area contributed by atoms with Crippen molar-refractivity contribution >= 4 is 60.8 Å². The first-order chi connectivity index (χ1) is 9.31. The molecule has 0 saturated heterocycles. The van der Waals surface area contributed by atoms with Gasteiger partial charge in [-0.3, -0.25) is 9.52 Å². The first-order valence-corrected chi connectivity index (χ1v) is 9.99. The molecule has 110 valence electrons. The number of sulfonamides is 1. The summed E-state index contributed by atoms with van der Waals surface area (Å²) in [6.45, 7) is 2.01. The molecule has 0 aliphatic carbocycles. The summed E-state index contributed by atoms with van der Waals surface area (Å²) in [7, 11) is -3.30. The van der Waals surface area contributed by atoms with Crippen molar-refractivity contribution in [2.75, 3.05) is 22.5 Å². The van der Waals surface area contributed by atoms with Crippen LogP contribution in [0, 0.1) is 0 Å². The first kappa shape index (κ1) is 17.5. The lowest BCUT2D eigenvalue weighted by Gasteiger charge is -2.05. The highest BCUT2D eigenvalue weighted by Gasteiger charge is 2.09. The fraction of sp³-hybridized carbons (Fsp3) is 0.333. The second-order valence-electron chi connectivity index (χ2n) is 3.85. The molecule has 0 spiro atoms. The molecule has 8 heteroatoms. The second-order valence-corrected chi connectivity index (χ2v) is 9.04. The average Bonchev–Trinajstić information content (AvgIpc) is 2.35. The normalized spacial score (nSPS) is 11.1. The molecule has 1 N–H and O–H groups in total. The van der Waals surface area contributed by atoms with Crippen LogP contribution in [-0.4, -0.2) is 35.5 Å². The third kappa shape index (κ3) is 6.74. The molecule has 1 aromatic rings. The summed E-state index contributed by atoms with van der Waals surface area (Å²) in [5.41, 5.74) is 0.981. The van der Waals surface area contributed by atoms with Gasteiger partial charge in [0.05, 0.1) is 12.0 Å². The number of hydrogen-bond donors (Lipinski definition) is 1. The highest BCUT2D eigenvalue weighted by atomic mass is 32.2. The minimum Gasteiger partial charge on any atom is -0.293 e. The SMILES string of the molecule is CCSC(=S)SCC(=O)c1ccc(NS(C)(=O)=O)cc1. The van der Waals surface area contributed by atoms with E-state index in [0.717, 1.165) is 15.5 Å². The lowest BCUT2D eigenvalue weighted by atomic mass is 10.1. The van der Waals surface area contributed by atoms with Gasteiger partial charge in [-0.05, 0) is 30.0 Å². The molecule has 0 aliphatic rings. The Morgan fingerprint density at radius 2 is 1.85 bits per heavy atom. The van der Waals surface area contributed by atoms with Crippen molar-refractivity contribution in [1.82, 2.24) is 0 Å². The van der Waals surface area contributed by atoms with Crippen LogP contribution in [0.2, 0.25) is 0 Å². The highest BCUT2D eigenvalue weighted by molar-refractivity contribution is 8.47. The van der Waals surface area contributed by atoms with Crippen LogP contribution in [0.25, 0.3) is 0 Å². The number of thiocarbonyl (C=S) groups is 1. The number of carbonyl (C=O) groups is 1. The molecule has 0 amide bonds. The summed E-state index contributed by atoms with van der Waals surface area (Å²) in [4.78, 5) is 11.9. The molecule has 0 bridgehead atoms. The zero-order valence-corrected chi connectivity index (χ0v) is 14.3. The minimum atomic E-state index is -3.30. The molecule has 0 aliphatic heterocycles. The van der Waals surface area contributed by atoms with Gasteiger partial charge in [0.25, 0.3) is 0 Å². The fourth-order valence-corrected chi connectivity index (χ4v) is 3.92. The number of Topliss-reactive ketones (excluding diaryl/α,β-unsaturated/α-hetero) is 1. The summed E-state index contributed by atoms with van der Waals surface area (Å²) in [6.07, 6.45) is 1.08. The molecule has 0 fully saturated rings. The van der Waals surface area contributed by atoms with E-state index >= 15 is 0 Å². The summed E-state index contributed by atoms with van der Waals surface area (Å²) < 4.78 is 25.2. The van der Waals surface area contributed by atoms with E-state index < -0.39 is 10.0 Å². The maximum atomic E-state index is 11.9. The summed E-state index contributed by atoms with van der Waals surface area (Å²) >= 11 is 7.99. The van der Waals surface area contributed by atoms with Gasteiger partial charge in [-0.1, -0.05) is 30.9 Å². The van der Waals surface area contributed by atoms with E-state index in [4.69, 9.17) is 12.2 Å². The van der Waals surface area contributed by atoms with E-state index in [2.05, 4.69) is 4.72 Å². The van der Waals surface area contributed by atoms with Crippen LogP contribution in [0.15, 0.2) is 24.3 Å². The van der Waals surface area contributed by atoms with Crippen molar-refractivity contribution in [3.63, 3.8) is 0 Å². The predicted molar refractivity (Wildman–Crippen MR) is 92.4 cm³/mol. The molecule has 0 radical (unpaired) electrons. The molecular formula is C12H15NO3S4. The van der Waals surface area contributed by atoms with Crippen molar-refractivity contribution in [2.45, 2.75) is 6.92 Å². The maximum absolute atomic E-state index is 11.9. The summed E-state index contributed by atoms with van der Waals surface area (Å²) in [5, 5.41) is 0. The lowest BCUT2D eigenvalue weighted by molar-refractivity contribution is 0.102. The predicted octanol–water partition coefficient (Wildman–Crippen LogP) is 3.01. The highest BCUT2D eigenvalue weighted by Crippen LogP contribution is 2.19. The number of nitrogens with one attached hydrogen (secondary N) is 1. The van der Waals surface area contributed by atoms with Crippen LogP contribution >= 0.6 is 35.7 Å². The van der Waals surface area contributed by atoms with Crippen LogP contribution in [0.5, 0.6) is 0 Å². The van der Waals surface area contributed by atoms with Gasteiger partial charge in [-0.2, -0.15) is 0 Å².